The molecule has 0 N–H and O–H groups in total. The van der Waals surface area contributed by atoms with Crippen molar-refractivity contribution in [1.29, 1.82) is 0 Å². The third kappa shape index (κ3) is 4.99. The maximum absolute atomic E-state index is 12.9. The number of hydrogen-bond donors (Lipinski definition) is 0. The molecule has 0 aromatic heterocycles. The van der Waals surface area contributed by atoms with Crippen molar-refractivity contribution in [3.8, 4) is 5.75 Å². The lowest BCUT2D eigenvalue weighted by atomic mass is 9.85. The molecule has 26 heavy (non-hydrogen) atoms. The van der Waals surface area contributed by atoms with Gasteiger partial charge in [0.25, 0.3) is 0 Å². The number of carbonyl (C=O) groups excluding carboxylic acids is 2. The topological polar surface area (TPSA) is 49.9 Å². The maximum atomic E-state index is 12.9. The number of nitrogens with zero attached hydrogens (tertiary/aromatic N) is 2. The van der Waals surface area contributed by atoms with Gasteiger partial charge in [-0.1, -0.05) is 39.8 Å². The second kappa shape index (κ2) is 8.56. The lowest BCUT2D eigenvalue weighted by molar-refractivity contribution is -0.133. The van der Waals surface area contributed by atoms with Gasteiger partial charge in [0.15, 0.2) is 0 Å². The fourth-order valence-electron chi connectivity index (χ4n) is 3.30. The van der Waals surface area contributed by atoms with Gasteiger partial charge in [0.2, 0.25) is 11.8 Å². The highest BCUT2D eigenvalue weighted by atomic mass is 16.5. The van der Waals surface area contributed by atoms with Gasteiger partial charge < -0.3 is 14.5 Å². The molecule has 144 valence electrons. The van der Waals surface area contributed by atoms with E-state index in [0.717, 1.165) is 24.3 Å². The van der Waals surface area contributed by atoms with Crippen LogP contribution in [0.3, 0.4) is 0 Å². The normalized spacial score (nSPS) is 15.6. The number of benzene rings is 1. The summed E-state index contributed by atoms with van der Waals surface area (Å²) in [4.78, 5) is 28.5. The summed E-state index contributed by atoms with van der Waals surface area (Å²) in [6, 6.07) is 6.10. The fourth-order valence-corrected chi connectivity index (χ4v) is 3.30. The Hall–Kier alpha value is -2.04. The molecule has 1 fully saturated rings. The van der Waals surface area contributed by atoms with Crippen molar-refractivity contribution in [3.63, 3.8) is 0 Å². The number of rotatable bonds is 4. The molecule has 5 nitrogen and oxygen atoms in total. The van der Waals surface area contributed by atoms with Crippen LogP contribution in [-0.2, 0) is 21.4 Å². The van der Waals surface area contributed by atoms with Gasteiger partial charge in [-0.3, -0.25) is 9.59 Å². The number of carbonyl (C=O) groups is 2. The Morgan fingerprint density at radius 2 is 1.65 bits per heavy atom. The molecule has 5 heteroatoms. The summed E-state index contributed by atoms with van der Waals surface area (Å²) in [7, 11) is 1.64. The molecule has 1 aliphatic rings. The van der Waals surface area contributed by atoms with Crippen molar-refractivity contribution >= 4 is 11.8 Å². The van der Waals surface area contributed by atoms with Crippen molar-refractivity contribution < 1.29 is 14.3 Å². The standard InChI is InChI=1S/C21H32N2O3/c1-6-19(24)22-10-7-11-23(13-12-22)20(25)15-16-14-17(21(2,3)4)8-9-18(16)26-5/h8-9,14H,6-7,10-13,15H2,1-5H3. The first-order chi connectivity index (χ1) is 12.3. The van der Waals surface area contributed by atoms with E-state index in [4.69, 9.17) is 4.74 Å². The minimum atomic E-state index is 0.0215. The van der Waals surface area contributed by atoms with Crippen LogP contribution in [-0.4, -0.2) is 54.9 Å². The summed E-state index contributed by atoms with van der Waals surface area (Å²) >= 11 is 0. The van der Waals surface area contributed by atoms with Crippen LogP contribution >= 0.6 is 0 Å². The highest BCUT2D eigenvalue weighted by Crippen LogP contribution is 2.28. The zero-order valence-electron chi connectivity index (χ0n) is 16.8. The third-order valence-electron chi connectivity index (χ3n) is 4.99. The predicted octanol–water partition coefficient (Wildman–Crippen LogP) is 3.01. The lowest BCUT2D eigenvalue weighted by Crippen LogP contribution is -2.37. The second-order valence-corrected chi connectivity index (χ2v) is 7.92. The minimum absolute atomic E-state index is 0.0215. The molecule has 1 aromatic carbocycles. The van der Waals surface area contributed by atoms with E-state index in [0.29, 0.717) is 32.5 Å². The molecule has 0 radical (unpaired) electrons. The van der Waals surface area contributed by atoms with Crippen molar-refractivity contribution in [2.24, 2.45) is 0 Å². The van der Waals surface area contributed by atoms with Gasteiger partial charge in [0, 0.05) is 38.2 Å². The average molecular weight is 360 g/mol. The van der Waals surface area contributed by atoms with Crippen LogP contribution in [0.15, 0.2) is 18.2 Å². The van der Waals surface area contributed by atoms with Crippen molar-refractivity contribution in [2.75, 3.05) is 33.3 Å². The van der Waals surface area contributed by atoms with Crippen LogP contribution in [0, 0.1) is 0 Å². The largest absolute Gasteiger partial charge is 0.496 e. The molecular formula is C21H32N2O3. The van der Waals surface area contributed by atoms with Gasteiger partial charge in [0.1, 0.15) is 5.75 Å². The first-order valence-corrected chi connectivity index (χ1v) is 9.49. The zero-order chi connectivity index (χ0) is 19.3. The van der Waals surface area contributed by atoms with Crippen molar-refractivity contribution in [3.05, 3.63) is 29.3 Å². The van der Waals surface area contributed by atoms with Gasteiger partial charge in [0.05, 0.1) is 13.5 Å². The van der Waals surface area contributed by atoms with E-state index in [1.165, 1.54) is 5.56 Å². The van der Waals surface area contributed by atoms with Crippen LogP contribution < -0.4 is 4.74 Å². The summed E-state index contributed by atoms with van der Waals surface area (Å²) in [5, 5.41) is 0. The third-order valence-corrected chi connectivity index (χ3v) is 4.99. The van der Waals surface area contributed by atoms with E-state index >= 15 is 0 Å². The first-order valence-electron chi connectivity index (χ1n) is 9.49. The van der Waals surface area contributed by atoms with Crippen LogP contribution in [0.2, 0.25) is 0 Å². The fraction of sp³-hybridized carbons (Fsp3) is 0.619. The van der Waals surface area contributed by atoms with Crippen LogP contribution in [0.1, 0.15) is 51.7 Å². The number of ether oxygens (including phenoxy) is 1. The molecule has 1 aliphatic heterocycles. The van der Waals surface area contributed by atoms with E-state index in [1.807, 2.05) is 22.8 Å². The number of amides is 2. The quantitative estimate of drug-likeness (QED) is 0.829. The summed E-state index contributed by atoms with van der Waals surface area (Å²) < 4.78 is 5.47. The Morgan fingerprint density at radius 1 is 1.04 bits per heavy atom. The molecule has 0 atom stereocenters. The molecule has 2 amide bonds. The number of methoxy groups -OCH3 is 1. The van der Waals surface area contributed by atoms with Crippen LogP contribution in [0.5, 0.6) is 5.75 Å². The molecule has 1 heterocycles. The first kappa shape index (κ1) is 20.3. The maximum Gasteiger partial charge on any atom is 0.227 e. The van der Waals surface area contributed by atoms with Crippen LogP contribution in [0.25, 0.3) is 0 Å². The molecule has 2 rings (SSSR count). The molecule has 1 aromatic rings. The Balaban J connectivity index is 2.10. The molecule has 0 aliphatic carbocycles. The SMILES string of the molecule is CCC(=O)N1CCCN(C(=O)Cc2cc(C(C)(C)C)ccc2OC)CC1. The monoisotopic (exact) mass is 360 g/mol. The minimum Gasteiger partial charge on any atom is -0.496 e. The summed E-state index contributed by atoms with van der Waals surface area (Å²) in [6.07, 6.45) is 1.68. The lowest BCUT2D eigenvalue weighted by Gasteiger charge is -2.24. The Kier molecular flexibility index (Phi) is 6.68. The van der Waals surface area contributed by atoms with Gasteiger partial charge >= 0.3 is 0 Å². The Bertz CT molecular complexity index is 649. The molecule has 0 spiro atoms. The Morgan fingerprint density at radius 3 is 2.19 bits per heavy atom. The average Bonchev–Trinajstić information content (AvgIpc) is 2.86. The van der Waals surface area contributed by atoms with Gasteiger partial charge in [-0.25, -0.2) is 0 Å². The smallest absolute Gasteiger partial charge is 0.227 e. The van der Waals surface area contributed by atoms with Crippen molar-refractivity contribution in [2.45, 2.75) is 52.4 Å². The van der Waals surface area contributed by atoms with E-state index in [9.17, 15) is 9.59 Å². The number of hydrogen-bond acceptors (Lipinski definition) is 3. The molecule has 1 saturated heterocycles. The van der Waals surface area contributed by atoms with E-state index in [1.54, 1.807) is 7.11 Å². The second-order valence-electron chi connectivity index (χ2n) is 7.92. The Labute approximate surface area is 157 Å². The van der Waals surface area contributed by atoms with Gasteiger partial charge in [-0.05, 0) is 23.5 Å². The predicted molar refractivity (Wildman–Crippen MR) is 103 cm³/mol. The molecule has 0 saturated carbocycles. The molecule has 0 bridgehead atoms. The van der Waals surface area contributed by atoms with E-state index in [-0.39, 0.29) is 17.2 Å². The summed E-state index contributed by atoms with van der Waals surface area (Å²) in [5.41, 5.74) is 2.14. The molecular weight excluding hydrogens is 328 g/mol. The van der Waals surface area contributed by atoms with E-state index in [2.05, 4.69) is 32.9 Å². The van der Waals surface area contributed by atoms with Crippen LogP contribution in [0.4, 0.5) is 0 Å². The summed E-state index contributed by atoms with van der Waals surface area (Å²) in [5.74, 6) is 1.02. The zero-order valence-corrected chi connectivity index (χ0v) is 16.8. The highest BCUT2D eigenvalue weighted by Gasteiger charge is 2.23. The highest BCUT2D eigenvalue weighted by molar-refractivity contribution is 5.80. The van der Waals surface area contributed by atoms with Crippen molar-refractivity contribution in [1.82, 2.24) is 9.80 Å². The van der Waals surface area contributed by atoms with Gasteiger partial charge in [-0.2, -0.15) is 0 Å². The van der Waals surface area contributed by atoms with Gasteiger partial charge in [-0.15, -0.1) is 0 Å². The summed E-state index contributed by atoms with van der Waals surface area (Å²) in [6.45, 7) is 11.0. The molecule has 0 unspecified atom stereocenters. The van der Waals surface area contributed by atoms with E-state index < -0.39 is 0 Å².